The first-order chi connectivity index (χ1) is 3.43. The Bertz CT molecular complexity index is 46.1. The minimum Gasteiger partial charge on any atom is -0.162 e. The van der Waals surface area contributed by atoms with Gasteiger partial charge < -0.3 is 0 Å². The molecule has 0 saturated carbocycles. The maximum atomic E-state index is 3.85. The lowest BCUT2D eigenvalue weighted by atomic mass is 10.1. The van der Waals surface area contributed by atoms with Gasteiger partial charge in [0, 0.05) is 0 Å². The maximum Gasteiger partial charge on any atom is -0.00388 e. The molecule has 1 heterocycles. The fraction of sp³-hybridized carbons (Fsp3) is 0.833. The molecule has 0 aliphatic carbocycles. The van der Waals surface area contributed by atoms with E-state index in [2.05, 4.69) is 18.7 Å². The van der Waals surface area contributed by atoms with Crippen LogP contribution < -0.4 is 0 Å². The van der Waals surface area contributed by atoms with Crippen molar-refractivity contribution in [3.63, 3.8) is 0 Å². The molecule has 0 N–H and O–H groups in total. The lowest BCUT2D eigenvalue weighted by Crippen LogP contribution is -1.92. The molecule has 41 valence electrons. The Labute approximate surface area is 49.7 Å². The van der Waals surface area contributed by atoms with Gasteiger partial charge in [-0.1, -0.05) is 6.92 Å². The molecule has 1 unspecified atom stereocenters. The molecule has 0 aromatic carbocycles. The molecule has 1 aliphatic rings. The van der Waals surface area contributed by atoms with Crippen LogP contribution in [-0.4, -0.2) is 11.5 Å². The predicted octanol–water partition coefficient (Wildman–Crippen LogP) is 1.96. The Hall–Kier alpha value is 0.350. The summed E-state index contributed by atoms with van der Waals surface area (Å²) in [6, 6.07) is 0. The van der Waals surface area contributed by atoms with E-state index in [0.717, 1.165) is 12.3 Å². The molecule has 0 spiro atoms. The zero-order valence-corrected chi connectivity index (χ0v) is 5.34. The summed E-state index contributed by atoms with van der Waals surface area (Å²) < 4.78 is 0. The van der Waals surface area contributed by atoms with Crippen LogP contribution in [0.3, 0.4) is 0 Å². The van der Waals surface area contributed by atoms with Gasteiger partial charge in [-0.25, -0.2) is 0 Å². The van der Waals surface area contributed by atoms with E-state index in [9.17, 15) is 0 Å². The van der Waals surface area contributed by atoms with Crippen molar-refractivity contribution in [2.75, 3.05) is 11.5 Å². The molecule has 1 radical (unpaired) electrons. The molecule has 1 rings (SSSR count). The quantitative estimate of drug-likeness (QED) is 0.503. The molecule has 1 aliphatic heterocycles. The van der Waals surface area contributed by atoms with Crippen LogP contribution >= 0.6 is 11.8 Å². The topological polar surface area (TPSA) is 0 Å². The smallest absolute Gasteiger partial charge is 0.00388 e. The van der Waals surface area contributed by atoms with E-state index in [0.29, 0.717) is 0 Å². The van der Waals surface area contributed by atoms with Gasteiger partial charge in [0.2, 0.25) is 0 Å². The second-order valence-electron chi connectivity index (χ2n) is 2.02. The summed E-state index contributed by atoms with van der Waals surface area (Å²) in [5.74, 6) is 3.69. The van der Waals surface area contributed by atoms with Gasteiger partial charge >= 0.3 is 0 Å². The summed E-state index contributed by atoms with van der Waals surface area (Å²) in [5, 5.41) is 0. The fourth-order valence-corrected chi connectivity index (χ4v) is 2.14. The molecule has 1 heteroatoms. The van der Waals surface area contributed by atoms with Crippen LogP contribution in [-0.2, 0) is 0 Å². The van der Waals surface area contributed by atoms with Gasteiger partial charge in [-0.2, -0.15) is 11.8 Å². The molecular weight excluding hydrogens is 104 g/mol. The Morgan fingerprint density at radius 1 is 1.71 bits per heavy atom. The van der Waals surface area contributed by atoms with Gasteiger partial charge in [0.05, 0.1) is 0 Å². The average Bonchev–Trinajstić information content (AvgIpc) is 2.14. The first kappa shape index (κ1) is 5.49. The van der Waals surface area contributed by atoms with Crippen LogP contribution in [0.15, 0.2) is 0 Å². The second kappa shape index (κ2) is 2.61. The van der Waals surface area contributed by atoms with Gasteiger partial charge in [-0.3, -0.25) is 0 Å². The zero-order valence-electron chi connectivity index (χ0n) is 4.52. The first-order valence-electron chi connectivity index (χ1n) is 2.80. The Kier molecular flexibility index (Phi) is 2.04. The molecule has 0 bridgehead atoms. The highest BCUT2D eigenvalue weighted by atomic mass is 32.2. The zero-order chi connectivity index (χ0) is 5.11. The Morgan fingerprint density at radius 2 is 2.57 bits per heavy atom. The van der Waals surface area contributed by atoms with Crippen LogP contribution in [0, 0.1) is 12.8 Å². The van der Waals surface area contributed by atoms with Gasteiger partial charge in [0.1, 0.15) is 0 Å². The van der Waals surface area contributed by atoms with Crippen molar-refractivity contribution in [3.05, 3.63) is 6.92 Å². The lowest BCUT2D eigenvalue weighted by Gasteiger charge is -1.98. The summed E-state index contributed by atoms with van der Waals surface area (Å²) >= 11 is 2.07. The first-order valence-corrected chi connectivity index (χ1v) is 3.96. The SMILES string of the molecule is [CH2]CC1CCSC1. The summed E-state index contributed by atoms with van der Waals surface area (Å²) in [7, 11) is 0. The van der Waals surface area contributed by atoms with E-state index in [4.69, 9.17) is 0 Å². The summed E-state index contributed by atoms with van der Waals surface area (Å²) in [5.41, 5.74) is 0. The molecule has 0 nitrogen and oxygen atoms in total. The minimum absolute atomic E-state index is 0.949. The normalized spacial score (nSPS) is 31.3. The van der Waals surface area contributed by atoms with Gasteiger partial charge in [-0.15, -0.1) is 0 Å². The summed E-state index contributed by atoms with van der Waals surface area (Å²) in [6.45, 7) is 3.85. The van der Waals surface area contributed by atoms with Crippen LogP contribution in [0.1, 0.15) is 12.8 Å². The van der Waals surface area contributed by atoms with E-state index in [1.54, 1.807) is 0 Å². The van der Waals surface area contributed by atoms with Crippen molar-refractivity contribution in [3.8, 4) is 0 Å². The van der Waals surface area contributed by atoms with Crippen LogP contribution in [0.4, 0.5) is 0 Å². The summed E-state index contributed by atoms with van der Waals surface area (Å²) in [4.78, 5) is 0. The molecule has 0 aromatic heterocycles. The molecule has 0 aromatic rings. The third kappa shape index (κ3) is 1.37. The Morgan fingerprint density at radius 3 is 2.86 bits per heavy atom. The van der Waals surface area contributed by atoms with Crippen molar-refractivity contribution in [2.45, 2.75) is 12.8 Å². The van der Waals surface area contributed by atoms with Crippen LogP contribution in [0.2, 0.25) is 0 Å². The molecule has 1 fully saturated rings. The highest BCUT2D eigenvalue weighted by Gasteiger charge is 2.11. The van der Waals surface area contributed by atoms with E-state index in [-0.39, 0.29) is 0 Å². The number of rotatable bonds is 1. The van der Waals surface area contributed by atoms with Crippen LogP contribution in [0.25, 0.3) is 0 Å². The Balaban J connectivity index is 2.14. The molecular formula is C6H11S. The van der Waals surface area contributed by atoms with Gasteiger partial charge in [-0.05, 0) is 30.3 Å². The van der Waals surface area contributed by atoms with Crippen molar-refractivity contribution < 1.29 is 0 Å². The molecule has 1 atom stereocenters. The molecule has 7 heavy (non-hydrogen) atoms. The van der Waals surface area contributed by atoms with Gasteiger partial charge in [0.25, 0.3) is 0 Å². The standard InChI is InChI=1S/C6H11S/c1-2-6-3-4-7-5-6/h6H,1-5H2. The van der Waals surface area contributed by atoms with E-state index < -0.39 is 0 Å². The average molecular weight is 115 g/mol. The van der Waals surface area contributed by atoms with Crippen molar-refractivity contribution in [1.29, 1.82) is 0 Å². The lowest BCUT2D eigenvalue weighted by molar-refractivity contribution is 0.607. The van der Waals surface area contributed by atoms with E-state index >= 15 is 0 Å². The molecule has 1 saturated heterocycles. The predicted molar refractivity (Wildman–Crippen MR) is 35.4 cm³/mol. The fourth-order valence-electron chi connectivity index (χ4n) is 0.811. The van der Waals surface area contributed by atoms with Gasteiger partial charge in [0.15, 0.2) is 0 Å². The maximum absolute atomic E-state index is 3.85. The van der Waals surface area contributed by atoms with E-state index in [1.807, 2.05) is 0 Å². The number of thioether (sulfide) groups is 1. The second-order valence-corrected chi connectivity index (χ2v) is 3.17. The molecule has 0 amide bonds. The highest BCUT2D eigenvalue weighted by Crippen LogP contribution is 2.24. The van der Waals surface area contributed by atoms with E-state index in [1.165, 1.54) is 17.9 Å². The van der Waals surface area contributed by atoms with Crippen molar-refractivity contribution >= 4 is 11.8 Å². The van der Waals surface area contributed by atoms with Crippen molar-refractivity contribution in [2.24, 2.45) is 5.92 Å². The third-order valence-corrected chi connectivity index (χ3v) is 2.66. The third-order valence-electron chi connectivity index (χ3n) is 1.43. The minimum atomic E-state index is 0.949. The number of hydrogen-bond donors (Lipinski definition) is 0. The monoisotopic (exact) mass is 115 g/mol. The van der Waals surface area contributed by atoms with Crippen molar-refractivity contribution in [1.82, 2.24) is 0 Å². The summed E-state index contributed by atoms with van der Waals surface area (Å²) in [6.07, 6.45) is 2.56. The largest absolute Gasteiger partial charge is 0.162 e. The van der Waals surface area contributed by atoms with Crippen LogP contribution in [0.5, 0.6) is 0 Å². The number of hydrogen-bond acceptors (Lipinski definition) is 1. The highest BCUT2D eigenvalue weighted by molar-refractivity contribution is 7.99.